The molecule has 27 heavy (non-hydrogen) atoms. The van der Waals surface area contributed by atoms with Crippen LogP contribution in [0.4, 0.5) is 25.8 Å². The molecule has 0 unspecified atom stereocenters. The largest absolute Gasteiger partial charge is 0.324 e. The van der Waals surface area contributed by atoms with E-state index < -0.39 is 38.5 Å². The number of sulfonamides is 1. The zero-order chi connectivity index (χ0) is 20.4. The fourth-order valence-electron chi connectivity index (χ4n) is 2.37. The Labute approximate surface area is 153 Å². The lowest BCUT2D eigenvalue weighted by molar-refractivity contribution is -0.384. The highest BCUT2D eigenvalue weighted by Crippen LogP contribution is 2.26. The van der Waals surface area contributed by atoms with E-state index in [0.29, 0.717) is 4.31 Å². The van der Waals surface area contributed by atoms with Gasteiger partial charge >= 0.3 is 0 Å². The first-order valence-corrected chi connectivity index (χ1v) is 9.35. The van der Waals surface area contributed by atoms with Gasteiger partial charge in [0, 0.05) is 23.9 Å². The van der Waals surface area contributed by atoms with Crippen LogP contribution in [-0.2, 0) is 14.8 Å². The van der Waals surface area contributed by atoms with Gasteiger partial charge < -0.3 is 5.32 Å². The van der Waals surface area contributed by atoms with Crippen molar-refractivity contribution in [1.29, 1.82) is 0 Å². The van der Waals surface area contributed by atoms with E-state index in [2.05, 4.69) is 5.32 Å². The Morgan fingerprint density at radius 2 is 1.85 bits per heavy atom. The molecule has 0 spiro atoms. The smallest absolute Gasteiger partial charge is 0.271 e. The lowest BCUT2D eigenvalue weighted by atomic mass is 10.2. The van der Waals surface area contributed by atoms with Crippen LogP contribution in [0.25, 0.3) is 0 Å². The van der Waals surface area contributed by atoms with Crippen molar-refractivity contribution in [3.63, 3.8) is 0 Å². The van der Waals surface area contributed by atoms with Crippen molar-refractivity contribution in [2.75, 3.05) is 15.9 Å². The molecule has 0 saturated carbocycles. The van der Waals surface area contributed by atoms with Gasteiger partial charge in [0.25, 0.3) is 5.69 Å². The molecule has 11 heteroatoms. The van der Waals surface area contributed by atoms with Crippen molar-refractivity contribution in [3.8, 4) is 0 Å². The van der Waals surface area contributed by atoms with E-state index in [1.165, 1.54) is 25.1 Å². The minimum absolute atomic E-state index is 0.0711. The van der Waals surface area contributed by atoms with Gasteiger partial charge in [-0.3, -0.25) is 19.2 Å². The molecule has 1 amide bonds. The average Bonchev–Trinajstić information content (AvgIpc) is 2.57. The van der Waals surface area contributed by atoms with Gasteiger partial charge in [0.15, 0.2) is 11.6 Å². The SMILES string of the molecule is C[C@H](C(=O)Nc1ccc(F)c(F)c1)N(c1cccc([N+](=O)[O-])c1)S(C)(=O)=O. The Kier molecular flexibility index (Phi) is 5.74. The van der Waals surface area contributed by atoms with Crippen LogP contribution in [0, 0.1) is 21.7 Å². The molecule has 1 N–H and O–H groups in total. The highest BCUT2D eigenvalue weighted by molar-refractivity contribution is 7.92. The zero-order valence-electron chi connectivity index (χ0n) is 14.2. The van der Waals surface area contributed by atoms with E-state index in [0.717, 1.165) is 30.5 Å². The summed E-state index contributed by atoms with van der Waals surface area (Å²) in [4.78, 5) is 22.6. The van der Waals surface area contributed by atoms with Crippen molar-refractivity contribution in [2.45, 2.75) is 13.0 Å². The molecule has 0 radical (unpaired) electrons. The van der Waals surface area contributed by atoms with Crippen molar-refractivity contribution < 1.29 is 26.9 Å². The van der Waals surface area contributed by atoms with Gasteiger partial charge in [-0.1, -0.05) is 6.07 Å². The number of nitro benzene ring substituents is 1. The molecular formula is C16H15F2N3O5S. The number of nitrogens with one attached hydrogen (secondary N) is 1. The average molecular weight is 399 g/mol. The number of halogens is 2. The molecule has 0 heterocycles. The first-order valence-electron chi connectivity index (χ1n) is 7.50. The fourth-order valence-corrected chi connectivity index (χ4v) is 3.54. The molecule has 8 nitrogen and oxygen atoms in total. The maximum Gasteiger partial charge on any atom is 0.271 e. The fraction of sp³-hybridized carbons (Fsp3) is 0.188. The minimum atomic E-state index is -4.00. The molecule has 2 aromatic rings. The third kappa shape index (κ3) is 4.76. The lowest BCUT2D eigenvalue weighted by Crippen LogP contribution is -2.45. The summed E-state index contributed by atoms with van der Waals surface area (Å²) in [6.45, 7) is 1.26. The first-order chi connectivity index (χ1) is 12.5. The third-order valence-corrected chi connectivity index (χ3v) is 4.81. The number of carbonyl (C=O) groups excluding carboxylic acids is 1. The van der Waals surface area contributed by atoms with Crippen molar-refractivity contribution in [2.24, 2.45) is 0 Å². The number of nitrogens with zero attached hydrogens (tertiary/aromatic N) is 2. The second-order valence-electron chi connectivity index (χ2n) is 5.63. The summed E-state index contributed by atoms with van der Waals surface area (Å²) in [5.41, 5.74) is -0.507. The quantitative estimate of drug-likeness (QED) is 0.593. The summed E-state index contributed by atoms with van der Waals surface area (Å²) in [6, 6.07) is 6.12. The van der Waals surface area contributed by atoms with Gasteiger partial charge in [0.05, 0.1) is 16.9 Å². The number of benzene rings is 2. The Bertz CT molecular complexity index is 997. The summed E-state index contributed by atoms with van der Waals surface area (Å²) in [6.07, 6.45) is 0.840. The Morgan fingerprint density at radius 1 is 1.19 bits per heavy atom. The predicted octanol–water partition coefficient (Wildman–Crippen LogP) is 2.67. The summed E-state index contributed by atoms with van der Waals surface area (Å²) >= 11 is 0. The lowest BCUT2D eigenvalue weighted by Gasteiger charge is -2.28. The monoisotopic (exact) mass is 399 g/mol. The number of anilines is 2. The van der Waals surface area contributed by atoms with Crippen molar-refractivity contribution in [1.82, 2.24) is 0 Å². The topological polar surface area (TPSA) is 110 Å². The van der Waals surface area contributed by atoms with Gasteiger partial charge in [0.2, 0.25) is 15.9 Å². The summed E-state index contributed by atoms with van der Waals surface area (Å²) in [5.74, 6) is -3.12. The highest BCUT2D eigenvalue weighted by atomic mass is 32.2. The molecule has 0 aliphatic heterocycles. The molecule has 2 aromatic carbocycles. The van der Waals surface area contributed by atoms with Crippen LogP contribution < -0.4 is 9.62 Å². The van der Waals surface area contributed by atoms with Crippen molar-refractivity contribution in [3.05, 3.63) is 64.2 Å². The summed E-state index contributed by atoms with van der Waals surface area (Å²) < 4.78 is 51.3. The second-order valence-corrected chi connectivity index (χ2v) is 7.49. The molecule has 2 rings (SSSR count). The summed E-state index contributed by atoms with van der Waals surface area (Å²) in [5, 5.41) is 13.2. The van der Waals surface area contributed by atoms with E-state index in [-0.39, 0.29) is 17.1 Å². The third-order valence-electron chi connectivity index (χ3n) is 3.57. The molecular weight excluding hydrogens is 384 g/mol. The van der Waals surface area contributed by atoms with E-state index >= 15 is 0 Å². The van der Waals surface area contributed by atoms with E-state index in [1.807, 2.05) is 0 Å². The molecule has 0 saturated heterocycles. The van der Waals surface area contributed by atoms with Gasteiger partial charge in [-0.15, -0.1) is 0 Å². The molecule has 0 aliphatic carbocycles. The standard InChI is InChI=1S/C16H15F2N3O5S/c1-10(16(22)19-11-6-7-14(17)15(18)8-11)20(27(2,25)26)12-4-3-5-13(9-12)21(23)24/h3-10H,1-2H3,(H,19,22)/t10-/m1/s1. The first kappa shape index (κ1) is 20.2. The number of non-ortho nitro benzene ring substituents is 1. The maximum absolute atomic E-state index is 13.3. The number of hydrogen-bond donors (Lipinski definition) is 1. The van der Waals surface area contributed by atoms with Gasteiger partial charge in [-0.25, -0.2) is 17.2 Å². The molecule has 144 valence electrons. The predicted molar refractivity (Wildman–Crippen MR) is 94.9 cm³/mol. The van der Waals surface area contributed by atoms with Gasteiger partial charge in [0.1, 0.15) is 6.04 Å². The molecule has 0 fully saturated rings. The number of carbonyl (C=O) groups is 1. The van der Waals surface area contributed by atoms with E-state index in [1.54, 1.807) is 0 Å². The molecule has 0 aliphatic rings. The highest BCUT2D eigenvalue weighted by Gasteiger charge is 2.30. The van der Waals surface area contributed by atoms with Crippen LogP contribution in [-0.4, -0.2) is 31.5 Å². The van der Waals surface area contributed by atoms with Crippen LogP contribution in [0.15, 0.2) is 42.5 Å². The summed E-state index contributed by atoms with van der Waals surface area (Å²) in [7, 11) is -4.00. The Hall–Kier alpha value is -3.08. The van der Waals surface area contributed by atoms with Gasteiger partial charge in [-0.2, -0.15) is 0 Å². The van der Waals surface area contributed by atoms with Crippen LogP contribution in [0.1, 0.15) is 6.92 Å². The molecule has 0 bridgehead atoms. The number of hydrogen-bond acceptors (Lipinski definition) is 5. The normalized spacial score (nSPS) is 12.3. The number of nitro groups is 1. The maximum atomic E-state index is 13.3. The Morgan fingerprint density at radius 3 is 2.41 bits per heavy atom. The van der Waals surface area contributed by atoms with Crippen LogP contribution in [0.2, 0.25) is 0 Å². The number of rotatable bonds is 6. The molecule has 0 aromatic heterocycles. The minimum Gasteiger partial charge on any atom is -0.324 e. The second kappa shape index (κ2) is 7.66. The van der Waals surface area contributed by atoms with Crippen molar-refractivity contribution >= 4 is 33.0 Å². The molecule has 1 atom stereocenters. The Balaban J connectivity index is 2.36. The number of amides is 1. The van der Waals surface area contributed by atoms with E-state index in [9.17, 15) is 32.1 Å². The van der Waals surface area contributed by atoms with Gasteiger partial charge in [-0.05, 0) is 25.1 Å². The van der Waals surface area contributed by atoms with E-state index in [4.69, 9.17) is 0 Å². The van der Waals surface area contributed by atoms with Crippen LogP contribution >= 0.6 is 0 Å². The zero-order valence-corrected chi connectivity index (χ0v) is 15.0. The van der Waals surface area contributed by atoms with Crippen LogP contribution in [0.5, 0.6) is 0 Å². The van der Waals surface area contributed by atoms with Crippen LogP contribution in [0.3, 0.4) is 0 Å².